The summed E-state index contributed by atoms with van der Waals surface area (Å²) >= 11 is 0. The fraction of sp³-hybridized carbons (Fsp3) is 0.833. The van der Waals surface area contributed by atoms with Gasteiger partial charge in [0.1, 0.15) is 5.78 Å². The molecule has 0 N–H and O–H groups in total. The Hall–Kier alpha value is -0.590. The van der Waals surface area contributed by atoms with E-state index in [1.165, 1.54) is 64.2 Å². The van der Waals surface area contributed by atoms with E-state index >= 15 is 0 Å². The predicted molar refractivity (Wildman–Crippen MR) is 85.5 cm³/mol. The number of carbonyl (C=O) groups excluding carboxylic acids is 1. The van der Waals surface area contributed by atoms with Gasteiger partial charge in [0.25, 0.3) is 0 Å². The molecule has 0 aliphatic rings. The lowest BCUT2D eigenvalue weighted by atomic mass is 10.0. The average molecular weight is 266 g/mol. The molecule has 0 aliphatic heterocycles. The van der Waals surface area contributed by atoms with Crippen LogP contribution < -0.4 is 0 Å². The molecule has 0 aromatic rings. The van der Waals surface area contributed by atoms with Crippen molar-refractivity contribution in [1.29, 1.82) is 0 Å². The lowest BCUT2D eigenvalue weighted by Gasteiger charge is -2.02. The van der Waals surface area contributed by atoms with Crippen LogP contribution in [0.4, 0.5) is 0 Å². The second-order valence-electron chi connectivity index (χ2n) is 5.54. The molecular weight excluding hydrogens is 232 g/mol. The van der Waals surface area contributed by atoms with Crippen LogP contribution in [0, 0.1) is 0 Å². The highest BCUT2D eigenvalue weighted by Crippen LogP contribution is 2.12. The normalized spacial score (nSPS) is 11.3. The van der Waals surface area contributed by atoms with Crippen molar-refractivity contribution in [3.8, 4) is 0 Å². The van der Waals surface area contributed by atoms with Gasteiger partial charge in [0, 0.05) is 12.8 Å². The molecule has 0 bridgehead atoms. The van der Waals surface area contributed by atoms with Crippen LogP contribution in [0.2, 0.25) is 0 Å². The van der Waals surface area contributed by atoms with Gasteiger partial charge < -0.3 is 0 Å². The first-order valence-corrected chi connectivity index (χ1v) is 8.44. The topological polar surface area (TPSA) is 17.1 Å². The highest BCUT2D eigenvalue weighted by atomic mass is 16.1. The van der Waals surface area contributed by atoms with Gasteiger partial charge in [-0.15, -0.1) is 0 Å². The largest absolute Gasteiger partial charge is 0.300 e. The van der Waals surface area contributed by atoms with Gasteiger partial charge in [-0.25, -0.2) is 0 Å². The number of carbonyl (C=O) groups is 1. The Balaban J connectivity index is 3.01. The average Bonchev–Trinajstić information content (AvgIpc) is 2.43. The molecule has 0 saturated heterocycles. The van der Waals surface area contributed by atoms with Crippen molar-refractivity contribution in [3.63, 3.8) is 0 Å². The van der Waals surface area contributed by atoms with Crippen molar-refractivity contribution in [2.24, 2.45) is 0 Å². The number of unbranched alkanes of at least 4 members (excludes halogenated alkanes) is 10. The number of Topliss-reactive ketones (excluding diaryl/α,β-unsaturated/α-hetero) is 1. The summed E-state index contributed by atoms with van der Waals surface area (Å²) in [6.07, 6.45) is 20.6. The van der Waals surface area contributed by atoms with Crippen LogP contribution in [0.25, 0.3) is 0 Å². The standard InChI is InChI=1S/C18H34O/c1-3-5-6-7-8-9-10-11-12-13-14-15-16-17-18(19)4-2/h3,5H,4,6-17H2,1-2H3/b5-3+. The molecule has 0 saturated carbocycles. The van der Waals surface area contributed by atoms with Gasteiger partial charge in [-0.2, -0.15) is 0 Å². The van der Waals surface area contributed by atoms with Crippen LogP contribution in [0.5, 0.6) is 0 Å². The van der Waals surface area contributed by atoms with E-state index in [1.54, 1.807) is 0 Å². The van der Waals surface area contributed by atoms with Gasteiger partial charge in [0.05, 0.1) is 0 Å². The lowest BCUT2D eigenvalue weighted by molar-refractivity contribution is -0.118. The Morgan fingerprint density at radius 1 is 0.789 bits per heavy atom. The molecule has 19 heavy (non-hydrogen) atoms. The van der Waals surface area contributed by atoms with Crippen LogP contribution in [0.3, 0.4) is 0 Å². The SMILES string of the molecule is C/C=C/CCCCCCCCCCCCC(=O)CC. The second-order valence-corrected chi connectivity index (χ2v) is 5.54. The molecule has 0 heterocycles. The van der Waals surface area contributed by atoms with Crippen molar-refractivity contribution >= 4 is 5.78 Å². The van der Waals surface area contributed by atoms with E-state index in [-0.39, 0.29) is 0 Å². The van der Waals surface area contributed by atoms with Crippen molar-refractivity contribution in [1.82, 2.24) is 0 Å². The van der Waals surface area contributed by atoms with Crippen molar-refractivity contribution in [2.75, 3.05) is 0 Å². The Labute approximate surface area is 120 Å². The summed E-state index contributed by atoms with van der Waals surface area (Å²) in [5.41, 5.74) is 0. The van der Waals surface area contributed by atoms with Crippen LogP contribution in [0.1, 0.15) is 97.3 Å². The summed E-state index contributed by atoms with van der Waals surface area (Å²) in [6, 6.07) is 0. The highest BCUT2D eigenvalue weighted by molar-refractivity contribution is 5.77. The van der Waals surface area contributed by atoms with Gasteiger partial charge in [0.15, 0.2) is 0 Å². The molecule has 0 atom stereocenters. The van der Waals surface area contributed by atoms with Gasteiger partial charge in [-0.3, -0.25) is 4.79 Å². The second kappa shape index (κ2) is 15.5. The summed E-state index contributed by atoms with van der Waals surface area (Å²) in [6.45, 7) is 4.05. The Kier molecular flexibility index (Phi) is 15.0. The Morgan fingerprint density at radius 2 is 1.26 bits per heavy atom. The van der Waals surface area contributed by atoms with Crippen LogP contribution in [-0.2, 0) is 4.79 Å². The summed E-state index contributed by atoms with van der Waals surface area (Å²) in [5, 5.41) is 0. The molecule has 1 nitrogen and oxygen atoms in total. The van der Waals surface area contributed by atoms with Crippen LogP contribution in [0.15, 0.2) is 12.2 Å². The molecule has 0 amide bonds. The molecule has 0 fully saturated rings. The number of hydrogen-bond donors (Lipinski definition) is 0. The molecule has 0 spiro atoms. The van der Waals surface area contributed by atoms with Crippen LogP contribution in [-0.4, -0.2) is 5.78 Å². The number of ketones is 1. The summed E-state index contributed by atoms with van der Waals surface area (Å²) in [5.74, 6) is 0.429. The Bertz CT molecular complexity index is 218. The van der Waals surface area contributed by atoms with Crippen LogP contribution >= 0.6 is 0 Å². The third-order valence-electron chi connectivity index (χ3n) is 3.71. The first kappa shape index (κ1) is 18.4. The van der Waals surface area contributed by atoms with Gasteiger partial charge in [-0.1, -0.05) is 70.4 Å². The minimum Gasteiger partial charge on any atom is -0.300 e. The zero-order chi connectivity index (χ0) is 14.2. The smallest absolute Gasteiger partial charge is 0.132 e. The van der Waals surface area contributed by atoms with E-state index in [0.29, 0.717) is 12.2 Å². The maximum absolute atomic E-state index is 11.1. The van der Waals surface area contributed by atoms with Gasteiger partial charge >= 0.3 is 0 Å². The first-order valence-electron chi connectivity index (χ1n) is 8.44. The van der Waals surface area contributed by atoms with Crippen molar-refractivity contribution in [2.45, 2.75) is 97.3 Å². The van der Waals surface area contributed by atoms with E-state index in [0.717, 1.165) is 12.8 Å². The number of allylic oxidation sites excluding steroid dienone is 2. The maximum atomic E-state index is 11.1. The minimum atomic E-state index is 0.429. The zero-order valence-electron chi connectivity index (χ0n) is 13.3. The predicted octanol–water partition coefficient (Wildman–Crippen LogP) is 6.22. The molecule has 0 aromatic heterocycles. The monoisotopic (exact) mass is 266 g/mol. The fourth-order valence-electron chi connectivity index (χ4n) is 2.34. The lowest BCUT2D eigenvalue weighted by Crippen LogP contribution is -1.94. The van der Waals surface area contributed by atoms with E-state index < -0.39 is 0 Å². The first-order chi connectivity index (χ1) is 9.31. The van der Waals surface area contributed by atoms with Gasteiger partial charge in [0.2, 0.25) is 0 Å². The van der Waals surface area contributed by atoms with E-state index in [2.05, 4.69) is 19.1 Å². The summed E-state index contributed by atoms with van der Waals surface area (Å²) in [4.78, 5) is 11.1. The molecule has 1 heteroatoms. The van der Waals surface area contributed by atoms with Gasteiger partial charge in [-0.05, 0) is 26.2 Å². The van der Waals surface area contributed by atoms with E-state index in [1.807, 2.05) is 6.92 Å². The third-order valence-corrected chi connectivity index (χ3v) is 3.71. The molecule has 112 valence electrons. The third kappa shape index (κ3) is 15.4. The molecular formula is C18H34O. The van der Waals surface area contributed by atoms with Crippen molar-refractivity contribution < 1.29 is 4.79 Å². The number of rotatable bonds is 14. The fourth-order valence-corrected chi connectivity index (χ4v) is 2.34. The van der Waals surface area contributed by atoms with Crippen molar-refractivity contribution in [3.05, 3.63) is 12.2 Å². The highest BCUT2D eigenvalue weighted by Gasteiger charge is 1.97. The maximum Gasteiger partial charge on any atom is 0.132 e. The van der Waals surface area contributed by atoms with E-state index in [9.17, 15) is 4.79 Å². The summed E-state index contributed by atoms with van der Waals surface area (Å²) < 4.78 is 0. The summed E-state index contributed by atoms with van der Waals surface area (Å²) in [7, 11) is 0. The molecule has 0 radical (unpaired) electrons. The van der Waals surface area contributed by atoms with E-state index in [4.69, 9.17) is 0 Å². The minimum absolute atomic E-state index is 0.429. The quantitative estimate of drug-likeness (QED) is 0.269. The number of hydrogen-bond acceptors (Lipinski definition) is 1. The zero-order valence-corrected chi connectivity index (χ0v) is 13.3. The molecule has 0 rings (SSSR count). The molecule has 0 unspecified atom stereocenters. The Morgan fingerprint density at radius 3 is 1.74 bits per heavy atom. The molecule has 0 aliphatic carbocycles. The molecule has 0 aromatic carbocycles.